The van der Waals surface area contributed by atoms with E-state index in [4.69, 9.17) is 0 Å². The van der Waals surface area contributed by atoms with Crippen molar-refractivity contribution in [2.75, 3.05) is 19.6 Å². The summed E-state index contributed by atoms with van der Waals surface area (Å²) < 4.78 is 0. The zero-order valence-electron chi connectivity index (χ0n) is 8.49. The van der Waals surface area contributed by atoms with Gasteiger partial charge < -0.3 is 10.0 Å². The lowest BCUT2D eigenvalue weighted by Gasteiger charge is -2.16. The van der Waals surface area contributed by atoms with Gasteiger partial charge in [0.2, 0.25) is 0 Å². The maximum Gasteiger partial charge on any atom is 0.131 e. The fraction of sp³-hybridized carbons (Fsp3) is 0.900. The first-order valence-electron chi connectivity index (χ1n) is 4.99. The zero-order valence-corrected chi connectivity index (χ0v) is 8.49. The van der Waals surface area contributed by atoms with Crippen molar-refractivity contribution >= 4 is 5.78 Å². The van der Waals surface area contributed by atoms with E-state index >= 15 is 0 Å². The van der Waals surface area contributed by atoms with E-state index in [1.54, 1.807) is 6.92 Å². The van der Waals surface area contributed by atoms with Gasteiger partial charge in [0.1, 0.15) is 5.78 Å². The van der Waals surface area contributed by atoms with E-state index in [-0.39, 0.29) is 11.9 Å². The Morgan fingerprint density at radius 3 is 2.85 bits per heavy atom. The molecule has 1 aliphatic heterocycles. The highest BCUT2D eigenvalue weighted by Crippen LogP contribution is 2.19. The average Bonchev–Trinajstić information content (AvgIpc) is 2.48. The summed E-state index contributed by atoms with van der Waals surface area (Å²) in [5, 5.41) is 9.35. The van der Waals surface area contributed by atoms with Gasteiger partial charge in [-0.1, -0.05) is 0 Å². The quantitative estimate of drug-likeness (QED) is 0.699. The minimum Gasteiger partial charge on any atom is -0.393 e. The third-order valence-corrected chi connectivity index (χ3v) is 2.77. The molecule has 0 aromatic rings. The number of ketones is 1. The minimum atomic E-state index is -0.206. The summed E-state index contributed by atoms with van der Waals surface area (Å²) in [6, 6.07) is 0. The van der Waals surface area contributed by atoms with Crippen LogP contribution in [-0.4, -0.2) is 41.5 Å². The van der Waals surface area contributed by atoms with Crippen molar-refractivity contribution in [3.63, 3.8) is 0 Å². The van der Waals surface area contributed by atoms with Gasteiger partial charge in [0, 0.05) is 19.5 Å². The Kier molecular flexibility index (Phi) is 3.88. The molecule has 1 aliphatic rings. The molecule has 3 nitrogen and oxygen atoms in total. The van der Waals surface area contributed by atoms with Crippen LogP contribution in [0.15, 0.2) is 0 Å². The van der Waals surface area contributed by atoms with Crippen molar-refractivity contribution in [3.8, 4) is 0 Å². The second-order valence-corrected chi connectivity index (χ2v) is 4.04. The van der Waals surface area contributed by atoms with Crippen molar-refractivity contribution in [1.29, 1.82) is 0 Å². The van der Waals surface area contributed by atoms with Gasteiger partial charge in [-0.2, -0.15) is 0 Å². The van der Waals surface area contributed by atoms with E-state index in [0.717, 1.165) is 26.1 Å². The molecule has 0 spiro atoms. The number of rotatable bonds is 4. The number of hydrogen-bond donors (Lipinski definition) is 1. The summed E-state index contributed by atoms with van der Waals surface area (Å²) in [5.74, 6) is 0.660. The van der Waals surface area contributed by atoms with Gasteiger partial charge in [-0.3, -0.25) is 4.79 Å². The standard InChI is InChI=1S/C10H19NO2/c1-8(12)3-5-11-6-4-10(7-11)9(2)13/h9-10,13H,3-7H2,1-2H3. The topological polar surface area (TPSA) is 40.5 Å². The summed E-state index contributed by atoms with van der Waals surface area (Å²) >= 11 is 0. The Hall–Kier alpha value is -0.410. The molecule has 1 heterocycles. The van der Waals surface area contributed by atoms with Gasteiger partial charge in [-0.05, 0) is 32.7 Å². The molecule has 2 atom stereocenters. The molecule has 1 fully saturated rings. The molecule has 1 N–H and O–H groups in total. The lowest BCUT2D eigenvalue weighted by Crippen LogP contribution is -2.26. The molecular weight excluding hydrogens is 166 g/mol. The van der Waals surface area contributed by atoms with E-state index in [1.807, 2.05) is 6.92 Å². The van der Waals surface area contributed by atoms with Crippen LogP contribution in [0.3, 0.4) is 0 Å². The van der Waals surface area contributed by atoms with Gasteiger partial charge in [0.15, 0.2) is 0 Å². The number of aliphatic hydroxyl groups excluding tert-OH is 1. The van der Waals surface area contributed by atoms with E-state index in [0.29, 0.717) is 12.3 Å². The van der Waals surface area contributed by atoms with Crippen LogP contribution < -0.4 is 0 Å². The van der Waals surface area contributed by atoms with Gasteiger partial charge in [-0.15, -0.1) is 0 Å². The number of hydrogen-bond acceptors (Lipinski definition) is 3. The molecule has 76 valence electrons. The summed E-state index contributed by atoms with van der Waals surface area (Å²) in [6.45, 7) is 6.31. The first-order chi connectivity index (χ1) is 6.09. The highest BCUT2D eigenvalue weighted by atomic mass is 16.3. The largest absolute Gasteiger partial charge is 0.393 e. The smallest absolute Gasteiger partial charge is 0.131 e. The third kappa shape index (κ3) is 3.44. The Bertz CT molecular complexity index is 180. The van der Waals surface area contributed by atoms with Gasteiger partial charge >= 0.3 is 0 Å². The first-order valence-corrected chi connectivity index (χ1v) is 4.99. The maximum absolute atomic E-state index is 10.7. The summed E-state index contributed by atoms with van der Waals surface area (Å²) in [7, 11) is 0. The molecule has 0 radical (unpaired) electrons. The van der Waals surface area contributed by atoms with E-state index in [1.165, 1.54) is 0 Å². The Morgan fingerprint density at radius 2 is 2.38 bits per heavy atom. The lowest BCUT2D eigenvalue weighted by molar-refractivity contribution is -0.117. The fourth-order valence-corrected chi connectivity index (χ4v) is 1.78. The van der Waals surface area contributed by atoms with Gasteiger partial charge in [0.25, 0.3) is 0 Å². The number of likely N-dealkylation sites (tertiary alicyclic amines) is 1. The first kappa shape index (κ1) is 10.7. The second kappa shape index (κ2) is 4.72. The van der Waals surface area contributed by atoms with Crippen molar-refractivity contribution in [3.05, 3.63) is 0 Å². The SMILES string of the molecule is CC(=O)CCN1CCC(C(C)O)C1. The monoisotopic (exact) mass is 185 g/mol. The van der Waals surface area contributed by atoms with Crippen molar-refractivity contribution in [2.24, 2.45) is 5.92 Å². The molecule has 0 bridgehead atoms. The van der Waals surface area contributed by atoms with Crippen LogP contribution in [0.1, 0.15) is 26.7 Å². The highest BCUT2D eigenvalue weighted by molar-refractivity contribution is 5.75. The van der Waals surface area contributed by atoms with Crippen LogP contribution in [0.2, 0.25) is 0 Å². The van der Waals surface area contributed by atoms with E-state index in [9.17, 15) is 9.90 Å². The Morgan fingerprint density at radius 1 is 1.69 bits per heavy atom. The highest BCUT2D eigenvalue weighted by Gasteiger charge is 2.25. The van der Waals surface area contributed by atoms with Gasteiger partial charge in [0.05, 0.1) is 6.10 Å². The molecule has 2 unspecified atom stereocenters. The van der Waals surface area contributed by atoms with Crippen molar-refractivity contribution in [2.45, 2.75) is 32.8 Å². The second-order valence-electron chi connectivity index (χ2n) is 4.04. The predicted octanol–water partition coefficient (Wildman–Crippen LogP) is 0.668. The molecular formula is C10H19NO2. The predicted molar refractivity (Wildman–Crippen MR) is 51.5 cm³/mol. The van der Waals surface area contributed by atoms with Gasteiger partial charge in [-0.25, -0.2) is 0 Å². The van der Waals surface area contributed by atoms with Crippen LogP contribution in [-0.2, 0) is 4.79 Å². The lowest BCUT2D eigenvalue weighted by atomic mass is 10.0. The molecule has 1 rings (SSSR count). The number of carbonyl (C=O) groups excluding carboxylic acids is 1. The van der Waals surface area contributed by atoms with Crippen LogP contribution in [0, 0.1) is 5.92 Å². The molecule has 3 heteroatoms. The van der Waals surface area contributed by atoms with E-state index in [2.05, 4.69) is 4.90 Å². The average molecular weight is 185 g/mol. The summed E-state index contributed by atoms with van der Waals surface area (Å²) in [4.78, 5) is 13.0. The van der Waals surface area contributed by atoms with E-state index < -0.39 is 0 Å². The third-order valence-electron chi connectivity index (χ3n) is 2.77. The molecule has 0 aliphatic carbocycles. The number of nitrogens with zero attached hydrogens (tertiary/aromatic N) is 1. The van der Waals surface area contributed by atoms with Crippen LogP contribution >= 0.6 is 0 Å². The van der Waals surface area contributed by atoms with Crippen LogP contribution in [0.5, 0.6) is 0 Å². The van der Waals surface area contributed by atoms with Crippen LogP contribution in [0.4, 0.5) is 0 Å². The molecule has 0 amide bonds. The maximum atomic E-state index is 10.7. The zero-order chi connectivity index (χ0) is 9.84. The number of carbonyl (C=O) groups is 1. The summed E-state index contributed by atoms with van der Waals surface area (Å²) in [6.07, 6.45) is 1.50. The Labute approximate surface area is 79.7 Å². The Balaban J connectivity index is 2.21. The van der Waals surface area contributed by atoms with Crippen molar-refractivity contribution < 1.29 is 9.90 Å². The fourth-order valence-electron chi connectivity index (χ4n) is 1.78. The molecule has 13 heavy (non-hydrogen) atoms. The molecule has 0 aromatic carbocycles. The molecule has 1 saturated heterocycles. The van der Waals surface area contributed by atoms with Crippen molar-refractivity contribution in [1.82, 2.24) is 4.90 Å². The normalized spacial score (nSPS) is 26.2. The number of aliphatic hydroxyl groups is 1. The van der Waals surface area contributed by atoms with Crippen LogP contribution in [0.25, 0.3) is 0 Å². The molecule has 0 saturated carbocycles. The summed E-state index contributed by atoms with van der Waals surface area (Å²) in [5.41, 5.74) is 0. The molecule has 0 aromatic heterocycles. The minimum absolute atomic E-state index is 0.206. The number of Topliss-reactive ketones (excluding diaryl/α,β-unsaturated/α-hetero) is 1.